The molecule has 0 unspecified atom stereocenters. The molecule has 2 rings (SSSR count). The Kier molecular flexibility index (Phi) is 2.54. The second-order valence-electron chi connectivity index (χ2n) is 4.00. The molecule has 0 bridgehead atoms. The van der Waals surface area contributed by atoms with Crippen LogP contribution in [0, 0.1) is 0 Å². The van der Waals surface area contributed by atoms with Gasteiger partial charge in [-0.2, -0.15) is 0 Å². The summed E-state index contributed by atoms with van der Waals surface area (Å²) in [6, 6.07) is 10.0. The van der Waals surface area contributed by atoms with E-state index in [0.29, 0.717) is 0 Å². The molecule has 2 N–H and O–H groups in total. The molecule has 0 radical (unpaired) electrons. The fourth-order valence-corrected chi connectivity index (χ4v) is 2.04. The highest BCUT2D eigenvalue weighted by atomic mass is 32.1. The van der Waals surface area contributed by atoms with E-state index >= 15 is 0 Å². The van der Waals surface area contributed by atoms with Gasteiger partial charge in [0.25, 0.3) is 0 Å². The Labute approximate surface area is 93.0 Å². The van der Waals surface area contributed by atoms with Crippen molar-refractivity contribution in [3.63, 3.8) is 0 Å². The maximum absolute atomic E-state index is 5.96. The number of benzene rings is 1. The van der Waals surface area contributed by atoms with E-state index in [-0.39, 0.29) is 0 Å². The van der Waals surface area contributed by atoms with Crippen molar-refractivity contribution in [1.29, 1.82) is 0 Å². The van der Waals surface area contributed by atoms with Gasteiger partial charge in [-0.3, -0.25) is 0 Å². The fourth-order valence-electron chi connectivity index (χ4n) is 1.18. The molecule has 4 heteroatoms. The summed E-state index contributed by atoms with van der Waals surface area (Å²) in [5.41, 5.74) is 6.63. The zero-order valence-corrected chi connectivity index (χ0v) is 9.58. The largest absolute Gasteiger partial charge is 0.320 e. The van der Waals surface area contributed by atoms with Gasteiger partial charge in [-0.05, 0) is 13.8 Å². The number of hydrogen-bond acceptors (Lipinski definition) is 4. The number of nitrogens with two attached hydrogens (primary N) is 1. The van der Waals surface area contributed by atoms with Crippen molar-refractivity contribution >= 4 is 11.3 Å². The smallest absolute Gasteiger partial charge is 0.147 e. The molecule has 1 aromatic carbocycles. The molecule has 0 saturated carbocycles. The van der Waals surface area contributed by atoms with E-state index in [2.05, 4.69) is 10.2 Å². The van der Waals surface area contributed by atoms with Crippen LogP contribution in [0.5, 0.6) is 0 Å². The second-order valence-corrected chi connectivity index (χ2v) is 4.98. The van der Waals surface area contributed by atoms with Crippen LogP contribution < -0.4 is 5.73 Å². The normalized spacial score (nSPS) is 11.7. The number of nitrogens with zero attached hydrogens (tertiary/aromatic N) is 2. The minimum absolute atomic E-state index is 0.412. The van der Waals surface area contributed by atoms with Gasteiger partial charge in [0.15, 0.2) is 0 Å². The highest BCUT2D eigenvalue weighted by Crippen LogP contribution is 2.27. The molecule has 0 saturated heterocycles. The molecule has 0 aliphatic carbocycles. The topological polar surface area (TPSA) is 51.8 Å². The average molecular weight is 219 g/mol. The molecule has 3 nitrogen and oxygen atoms in total. The summed E-state index contributed by atoms with van der Waals surface area (Å²) in [4.78, 5) is 0. The fraction of sp³-hybridized carbons (Fsp3) is 0.273. The molecular formula is C11H13N3S. The van der Waals surface area contributed by atoms with Crippen LogP contribution in [0.15, 0.2) is 30.3 Å². The molecule has 15 heavy (non-hydrogen) atoms. The Morgan fingerprint density at radius 2 is 1.80 bits per heavy atom. The van der Waals surface area contributed by atoms with Crippen LogP contribution in [0.3, 0.4) is 0 Å². The highest BCUT2D eigenvalue weighted by molar-refractivity contribution is 7.14. The van der Waals surface area contributed by atoms with Gasteiger partial charge in [-0.25, -0.2) is 0 Å². The third-order valence-electron chi connectivity index (χ3n) is 2.00. The van der Waals surface area contributed by atoms with Gasteiger partial charge in [-0.15, -0.1) is 10.2 Å². The van der Waals surface area contributed by atoms with Crippen LogP contribution in [0.4, 0.5) is 0 Å². The van der Waals surface area contributed by atoms with E-state index in [1.165, 1.54) is 0 Å². The summed E-state index contributed by atoms with van der Waals surface area (Å²) in [5.74, 6) is 0. The van der Waals surface area contributed by atoms with Crippen molar-refractivity contribution in [2.75, 3.05) is 0 Å². The van der Waals surface area contributed by atoms with Crippen molar-refractivity contribution in [3.8, 4) is 10.6 Å². The molecule has 0 fully saturated rings. The van der Waals surface area contributed by atoms with Crippen LogP contribution in [-0.4, -0.2) is 10.2 Å². The molecule has 78 valence electrons. The maximum atomic E-state index is 5.96. The van der Waals surface area contributed by atoms with Crippen LogP contribution >= 0.6 is 11.3 Å². The first-order valence-electron chi connectivity index (χ1n) is 4.75. The standard InChI is InChI=1S/C11H13N3S/c1-11(2,12)10-14-13-9(15-10)8-6-4-3-5-7-8/h3-7H,12H2,1-2H3. The molecule has 0 aliphatic heterocycles. The summed E-state index contributed by atoms with van der Waals surface area (Å²) in [6.07, 6.45) is 0. The summed E-state index contributed by atoms with van der Waals surface area (Å²) < 4.78 is 0. The second kappa shape index (κ2) is 3.72. The summed E-state index contributed by atoms with van der Waals surface area (Å²) >= 11 is 1.55. The van der Waals surface area contributed by atoms with Crippen molar-refractivity contribution in [2.45, 2.75) is 19.4 Å². The summed E-state index contributed by atoms with van der Waals surface area (Å²) in [5, 5.41) is 10.0. The van der Waals surface area contributed by atoms with E-state index < -0.39 is 5.54 Å². The first-order valence-corrected chi connectivity index (χ1v) is 5.57. The Morgan fingerprint density at radius 1 is 1.13 bits per heavy atom. The SMILES string of the molecule is CC(C)(N)c1nnc(-c2ccccc2)s1. The van der Waals surface area contributed by atoms with Gasteiger partial charge in [0.1, 0.15) is 10.0 Å². The van der Waals surface area contributed by atoms with E-state index in [1.54, 1.807) is 11.3 Å². The lowest BCUT2D eigenvalue weighted by Crippen LogP contribution is -2.28. The van der Waals surface area contributed by atoms with Gasteiger partial charge in [0, 0.05) is 5.56 Å². The Hall–Kier alpha value is -1.26. The molecule has 2 aromatic rings. The maximum Gasteiger partial charge on any atom is 0.147 e. The molecular weight excluding hydrogens is 206 g/mol. The number of aromatic nitrogens is 2. The molecule has 0 aliphatic rings. The van der Waals surface area contributed by atoms with Crippen LogP contribution in [-0.2, 0) is 5.54 Å². The zero-order valence-electron chi connectivity index (χ0n) is 8.77. The molecule has 0 spiro atoms. The van der Waals surface area contributed by atoms with Crippen LogP contribution in [0.1, 0.15) is 18.9 Å². The summed E-state index contributed by atoms with van der Waals surface area (Å²) in [7, 11) is 0. The van der Waals surface area contributed by atoms with Crippen molar-refractivity contribution < 1.29 is 0 Å². The monoisotopic (exact) mass is 219 g/mol. The van der Waals surface area contributed by atoms with Gasteiger partial charge in [0.05, 0.1) is 5.54 Å². The molecule has 0 atom stereocenters. The van der Waals surface area contributed by atoms with E-state index in [0.717, 1.165) is 15.6 Å². The Bertz CT molecular complexity index is 442. The highest BCUT2D eigenvalue weighted by Gasteiger charge is 2.20. The van der Waals surface area contributed by atoms with Crippen molar-refractivity contribution in [1.82, 2.24) is 10.2 Å². The van der Waals surface area contributed by atoms with Crippen LogP contribution in [0.2, 0.25) is 0 Å². The third kappa shape index (κ3) is 2.22. The zero-order chi connectivity index (χ0) is 10.9. The van der Waals surface area contributed by atoms with Gasteiger partial charge < -0.3 is 5.73 Å². The van der Waals surface area contributed by atoms with E-state index in [1.807, 2.05) is 44.2 Å². The first-order chi connectivity index (χ1) is 7.07. The van der Waals surface area contributed by atoms with Gasteiger partial charge in [-0.1, -0.05) is 41.7 Å². The predicted molar refractivity (Wildman–Crippen MR) is 62.6 cm³/mol. The van der Waals surface area contributed by atoms with Gasteiger partial charge in [0.2, 0.25) is 0 Å². The number of rotatable bonds is 2. The molecule has 1 aromatic heterocycles. The molecule has 0 amide bonds. The lowest BCUT2D eigenvalue weighted by Gasteiger charge is -2.12. The van der Waals surface area contributed by atoms with Gasteiger partial charge >= 0.3 is 0 Å². The lowest BCUT2D eigenvalue weighted by molar-refractivity contribution is 0.544. The average Bonchev–Trinajstić information content (AvgIpc) is 2.67. The predicted octanol–water partition coefficient (Wildman–Crippen LogP) is 2.40. The molecule has 1 heterocycles. The minimum Gasteiger partial charge on any atom is -0.320 e. The van der Waals surface area contributed by atoms with Crippen molar-refractivity contribution in [3.05, 3.63) is 35.3 Å². The Morgan fingerprint density at radius 3 is 2.33 bits per heavy atom. The number of hydrogen-bond donors (Lipinski definition) is 1. The van der Waals surface area contributed by atoms with Crippen LogP contribution in [0.25, 0.3) is 10.6 Å². The first kappa shape index (κ1) is 10.3. The van der Waals surface area contributed by atoms with E-state index in [4.69, 9.17) is 5.73 Å². The summed E-state index contributed by atoms with van der Waals surface area (Å²) in [6.45, 7) is 3.87. The quantitative estimate of drug-likeness (QED) is 0.843. The minimum atomic E-state index is -0.412. The Balaban J connectivity index is 2.37. The lowest BCUT2D eigenvalue weighted by atomic mass is 10.1. The third-order valence-corrected chi connectivity index (χ3v) is 3.31. The van der Waals surface area contributed by atoms with Crippen molar-refractivity contribution in [2.24, 2.45) is 5.73 Å². The van der Waals surface area contributed by atoms with E-state index in [9.17, 15) is 0 Å².